The number of carbonyl (C=O) groups excluding carboxylic acids is 1. The average molecular weight is 277 g/mol. The molecule has 1 aliphatic heterocycles. The molecule has 1 saturated heterocycles. The number of nitrogens with two attached hydrogens (primary N) is 1. The number of hydrogen-bond donors (Lipinski definition) is 2. The van der Waals surface area contributed by atoms with Crippen LogP contribution in [0.4, 0.5) is 5.69 Å². The van der Waals surface area contributed by atoms with Crippen LogP contribution in [-0.2, 0) is 16.1 Å². The Bertz CT molecular complexity index is 433. The third kappa shape index (κ3) is 4.30. The SMILES string of the molecule is COC1CCN(CCC(=O)Nc2ccc(CN)cc2)C1. The van der Waals surface area contributed by atoms with Crippen molar-refractivity contribution in [2.24, 2.45) is 5.73 Å². The summed E-state index contributed by atoms with van der Waals surface area (Å²) in [5.74, 6) is 0.0476. The van der Waals surface area contributed by atoms with Crippen LogP contribution in [0.3, 0.4) is 0 Å². The number of methoxy groups -OCH3 is 1. The maximum absolute atomic E-state index is 11.9. The van der Waals surface area contributed by atoms with E-state index in [2.05, 4.69) is 10.2 Å². The third-order valence-electron chi connectivity index (χ3n) is 3.69. The highest BCUT2D eigenvalue weighted by Gasteiger charge is 2.21. The lowest BCUT2D eigenvalue weighted by Gasteiger charge is -2.15. The van der Waals surface area contributed by atoms with Crippen molar-refractivity contribution in [3.05, 3.63) is 29.8 Å². The van der Waals surface area contributed by atoms with Crippen LogP contribution in [-0.4, -0.2) is 43.7 Å². The van der Waals surface area contributed by atoms with Gasteiger partial charge in [0.25, 0.3) is 0 Å². The Hall–Kier alpha value is -1.43. The first-order valence-electron chi connectivity index (χ1n) is 7.05. The van der Waals surface area contributed by atoms with Gasteiger partial charge < -0.3 is 20.7 Å². The summed E-state index contributed by atoms with van der Waals surface area (Å²) in [5, 5.41) is 2.90. The van der Waals surface area contributed by atoms with Crippen molar-refractivity contribution in [3.8, 4) is 0 Å². The predicted molar refractivity (Wildman–Crippen MR) is 79.4 cm³/mol. The van der Waals surface area contributed by atoms with Gasteiger partial charge in [-0.3, -0.25) is 4.79 Å². The zero-order valence-electron chi connectivity index (χ0n) is 12.0. The number of benzene rings is 1. The van der Waals surface area contributed by atoms with Gasteiger partial charge in [0.15, 0.2) is 0 Å². The van der Waals surface area contributed by atoms with E-state index >= 15 is 0 Å². The smallest absolute Gasteiger partial charge is 0.225 e. The molecule has 0 saturated carbocycles. The van der Waals surface area contributed by atoms with Crippen LogP contribution in [0.25, 0.3) is 0 Å². The lowest BCUT2D eigenvalue weighted by Crippen LogP contribution is -2.27. The fourth-order valence-corrected chi connectivity index (χ4v) is 2.40. The molecule has 110 valence electrons. The summed E-state index contributed by atoms with van der Waals surface area (Å²) in [6, 6.07) is 7.63. The molecule has 0 radical (unpaired) electrons. The molecule has 1 aromatic rings. The number of likely N-dealkylation sites (tertiary alicyclic amines) is 1. The van der Waals surface area contributed by atoms with Crippen molar-refractivity contribution in [1.29, 1.82) is 0 Å². The number of carbonyl (C=O) groups is 1. The Kier molecular flexibility index (Phi) is 5.52. The Balaban J connectivity index is 1.72. The number of amides is 1. The Morgan fingerprint density at radius 2 is 2.20 bits per heavy atom. The van der Waals surface area contributed by atoms with Crippen LogP contribution in [0.5, 0.6) is 0 Å². The van der Waals surface area contributed by atoms with Crippen molar-refractivity contribution in [1.82, 2.24) is 4.90 Å². The number of hydrogen-bond acceptors (Lipinski definition) is 4. The van der Waals surface area contributed by atoms with Crippen molar-refractivity contribution in [2.75, 3.05) is 32.1 Å². The number of anilines is 1. The van der Waals surface area contributed by atoms with Gasteiger partial charge in [0, 0.05) is 45.4 Å². The second-order valence-electron chi connectivity index (χ2n) is 5.15. The van der Waals surface area contributed by atoms with Gasteiger partial charge in [0.2, 0.25) is 5.91 Å². The highest BCUT2D eigenvalue weighted by atomic mass is 16.5. The summed E-state index contributed by atoms with van der Waals surface area (Å²) in [7, 11) is 1.74. The molecule has 1 aromatic carbocycles. The molecule has 5 nitrogen and oxygen atoms in total. The van der Waals surface area contributed by atoms with E-state index in [1.165, 1.54) is 0 Å². The Labute approximate surface area is 120 Å². The van der Waals surface area contributed by atoms with E-state index in [0.29, 0.717) is 19.1 Å². The summed E-state index contributed by atoms with van der Waals surface area (Å²) < 4.78 is 5.31. The number of nitrogens with one attached hydrogen (secondary N) is 1. The zero-order valence-corrected chi connectivity index (χ0v) is 12.0. The highest BCUT2D eigenvalue weighted by Crippen LogP contribution is 2.13. The second kappa shape index (κ2) is 7.38. The quantitative estimate of drug-likeness (QED) is 0.820. The van der Waals surface area contributed by atoms with E-state index in [1.54, 1.807) is 7.11 Å². The van der Waals surface area contributed by atoms with Crippen LogP contribution < -0.4 is 11.1 Å². The van der Waals surface area contributed by atoms with Crippen molar-refractivity contribution in [2.45, 2.75) is 25.5 Å². The van der Waals surface area contributed by atoms with Crippen LogP contribution in [0.2, 0.25) is 0 Å². The maximum Gasteiger partial charge on any atom is 0.225 e. The fraction of sp³-hybridized carbons (Fsp3) is 0.533. The first kappa shape index (κ1) is 15.0. The number of ether oxygens (including phenoxy) is 1. The monoisotopic (exact) mass is 277 g/mol. The lowest BCUT2D eigenvalue weighted by molar-refractivity contribution is -0.116. The summed E-state index contributed by atoms with van der Waals surface area (Å²) in [4.78, 5) is 14.2. The van der Waals surface area contributed by atoms with Crippen LogP contribution in [0.1, 0.15) is 18.4 Å². The molecular weight excluding hydrogens is 254 g/mol. The van der Waals surface area contributed by atoms with E-state index < -0.39 is 0 Å². The fourth-order valence-electron chi connectivity index (χ4n) is 2.40. The number of nitrogens with zero attached hydrogens (tertiary/aromatic N) is 1. The Morgan fingerprint density at radius 3 is 2.80 bits per heavy atom. The van der Waals surface area contributed by atoms with E-state index in [1.807, 2.05) is 24.3 Å². The van der Waals surface area contributed by atoms with Gasteiger partial charge in [-0.25, -0.2) is 0 Å². The molecule has 1 unspecified atom stereocenters. The van der Waals surface area contributed by atoms with E-state index in [4.69, 9.17) is 10.5 Å². The minimum Gasteiger partial charge on any atom is -0.380 e. The molecule has 3 N–H and O–H groups in total. The van der Waals surface area contributed by atoms with E-state index in [0.717, 1.165) is 37.3 Å². The molecule has 0 aliphatic carbocycles. The second-order valence-corrected chi connectivity index (χ2v) is 5.15. The van der Waals surface area contributed by atoms with Crippen LogP contribution in [0.15, 0.2) is 24.3 Å². The van der Waals surface area contributed by atoms with Crippen LogP contribution >= 0.6 is 0 Å². The minimum absolute atomic E-state index is 0.0476. The maximum atomic E-state index is 11.9. The summed E-state index contributed by atoms with van der Waals surface area (Å²) in [5.41, 5.74) is 7.42. The molecule has 1 amide bonds. The molecule has 20 heavy (non-hydrogen) atoms. The molecular formula is C15H23N3O2. The summed E-state index contributed by atoms with van der Waals surface area (Å²) in [6.07, 6.45) is 1.88. The first-order valence-corrected chi connectivity index (χ1v) is 7.05. The molecule has 2 rings (SSSR count). The van der Waals surface area contributed by atoms with Gasteiger partial charge in [0.05, 0.1) is 6.10 Å². The summed E-state index contributed by atoms with van der Waals surface area (Å²) in [6.45, 7) is 3.24. The van der Waals surface area contributed by atoms with Crippen molar-refractivity contribution >= 4 is 11.6 Å². The zero-order chi connectivity index (χ0) is 14.4. The largest absolute Gasteiger partial charge is 0.380 e. The van der Waals surface area contributed by atoms with E-state index in [9.17, 15) is 4.79 Å². The van der Waals surface area contributed by atoms with Gasteiger partial charge >= 0.3 is 0 Å². The predicted octanol–water partition coefficient (Wildman–Crippen LogP) is 1.19. The van der Waals surface area contributed by atoms with Gasteiger partial charge in [-0.1, -0.05) is 12.1 Å². The molecule has 1 fully saturated rings. The molecule has 0 bridgehead atoms. The van der Waals surface area contributed by atoms with Gasteiger partial charge in [-0.05, 0) is 24.1 Å². The third-order valence-corrected chi connectivity index (χ3v) is 3.69. The Morgan fingerprint density at radius 1 is 1.45 bits per heavy atom. The van der Waals surface area contributed by atoms with Gasteiger partial charge in [-0.2, -0.15) is 0 Å². The van der Waals surface area contributed by atoms with E-state index in [-0.39, 0.29) is 5.91 Å². The first-order chi connectivity index (χ1) is 9.71. The molecule has 1 heterocycles. The summed E-state index contributed by atoms with van der Waals surface area (Å²) >= 11 is 0. The van der Waals surface area contributed by atoms with Gasteiger partial charge in [0.1, 0.15) is 0 Å². The molecule has 0 spiro atoms. The molecule has 0 aromatic heterocycles. The highest BCUT2D eigenvalue weighted by molar-refractivity contribution is 5.90. The van der Waals surface area contributed by atoms with Gasteiger partial charge in [-0.15, -0.1) is 0 Å². The normalized spacial score (nSPS) is 19.2. The van der Waals surface area contributed by atoms with Crippen molar-refractivity contribution in [3.63, 3.8) is 0 Å². The molecule has 1 atom stereocenters. The molecule has 1 aliphatic rings. The lowest BCUT2D eigenvalue weighted by atomic mass is 10.2. The standard InChI is InChI=1S/C15H23N3O2/c1-20-14-6-8-18(11-14)9-7-15(19)17-13-4-2-12(10-16)3-5-13/h2-5,14H,6-11,16H2,1H3,(H,17,19). The number of rotatable bonds is 6. The minimum atomic E-state index is 0.0476. The van der Waals surface area contributed by atoms with Crippen LogP contribution in [0, 0.1) is 0 Å². The average Bonchev–Trinajstić information content (AvgIpc) is 2.94. The topological polar surface area (TPSA) is 67.6 Å². The molecule has 5 heteroatoms. The van der Waals surface area contributed by atoms with Crippen molar-refractivity contribution < 1.29 is 9.53 Å².